The minimum atomic E-state index is 0.119. The first-order valence-electron chi connectivity index (χ1n) is 6.11. The van der Waals surface area contributed by atoms with Crippen LogP contribution in [0.3, 0.4) is 0 Å². The third-order valence-electron chi connectivity index (χ3n) is 2.87. The predicted octanol–water partition coefficient (Wildman–Crippen LogP) is 2.00. The van der Waals surface area contributed by atoms with E-state index in [1.54, 1.807) is 14.2 Å². The average molecular weight is 237 g/mol. The van der Waals surface area contributed by atoms with E-state index in [-0.39, 0.29) is 6.10 Å². The summed E-state index contributed by atoms with van der Waals surface area (Å²) in [6.07, 6.45) is 1.19. The molecule has 1 rings (SSSR count). The van der Waals surface area contributed by atoms with Gasteiger partial charge in [0.2, 0.25) is 0 Å². The summed E-state index contributed by atoms with van der Waals surface area (Å²) < 4.78 is 10.4. The maximum absolute atomic E-state index is 5.30. The lowest BCUT2D eigenvalue weighted by Gasteiger charge is -2.16. The maximum atomic E-state index is 5.30. The van der Waals surface area contributed by atoms with E-state index in [4.69, 9.17) is 9.47 Å². The topological polar surface area (TPSA) is 30.5 Å². The Morgan fingerprint density at radius 1 is 1.18 bits per heavy atom. The number of aryl methyl sites for hydroxylation is 1. The highest BCUT2D eigenvalue weighted by Crippen LogP contribution is 2.08. The Balaban J connectivity index is 2.39. The van der Waals surface area contributed by atoms with Gasteiger partial charge in [0.05, 0.1) is 12.7 Å². The summed E-state index contributed by atoms with van der Waals surface area (Å²) >= 11 is 0. The van der Waals surface area contributed by atoms with E-state index >= 15 is 0 Å². The van der Waals surface area contributed by atoms with Crippen molar-refractivity contribution in [2.45, 2.75) is 26.0 Å². The number of benzene rings is 1. The van der Waals surface area contributed by atoms with Gasteiger partial charge in [-0.15, -0.1) is 0 Å². The molecule has 0 saturated carbocycles. The minimum absolute atomic E-state index is 0.119. The fraction of sp³-hybridized carbons (Fsp3) is 0.571. The lowest BCUT2D eigenvalue weighted by molar-refractivity contribution is 0.0288. The van der Waals surface area contributed by atoms with Crippen molar-refractivity contribution in [2.75, 3.05) is 27.4 Å². The Bertz CT molecular complexity index is 315. The maximum Gasteiger partial charge on any atom is 0.0928 e. The molecule has 0 aliphatic carbocycles. The van der Waals surface area contributed by atoms with Crippen LogP contribution in [0, 0.1) is 0 Å². The van der Waals surface area contributed by atoms with Crippen LogP contribution in [0.4, 0.5) is 0 Å². The Labute approximate surface area is 104 Å². The molecule has 0 aliphatic rings. The summed E-state index contributed by atoms with van der Waals surface area (Å²) in [5.41, 5.74) is 2.77. The molecule has 0 fully saturated rings. The van der Waals surface area contributed by atoms with E-state index in [0.29, 0.717) is 6.61 Å². The smallest absolute Gasteiger partial charge is 0.0928 e. The van der Waals surface area contributed by atoms with Crippen molar-refractivity contribution in [1.29, 1.82) is 0 Å². The molecular weight excluding hydrogens is 214 g/mol. The molecule has 3 nitrogen and oxygen atoms in total. The van der Waals surface area contributed by atoms with Gasteiger partial charge in [0.1, 0.15) is 0 Å². The molecule has 0 heterocycles. The molecule has 1 atom stereocenters. The number of hydrogen-bond acceptors (Lipinski definition) is 3. The van der Waals surface area contributed by atoms with Gasteiger partial charge in [-0.3, -0.25) is 0 Å². The Morgan fingerprint density at radius 2 is 1.88 bits per heavy atom. The van der Waals surface area contributed by atoms with Crippen LogP contribution < -0.4 is 5.32 Å². The molecule has 0 bridgehead atoms. The van der Waals surface area contributed by atoms with E-state index < -0.39 is 0 Å². The number of ether oxygens (including phenoxy) is 2. The van der Waals surface area contributed by atoms with Gasteiger partial charge < -0.3 is 14.8 Å². The van der Waals surface area contributed by atoms with E-state index in [9.17, 15) is 0 Å². The monoisotopic (exact) mass is 237 g/mol. The van der Waals surface area contributed by atoms with E-state index in [1.807, 2.05) is 0 Å². The number of methoxy groups -OCH3 is 2. The molecule has 0 radical (unpaired) electrons. The molecule has 0 amide bonds. The zero-order valence-corrected chi connectivity index (χ0v) is 11.0. The fourth-order valence-electron chi connectivity index (χ4n) is 1.84. The van der Waals surface area contributed by atoms with Crippen molar-refractivity contribution in [3.05, 3.63) is 35.4 Å². The van der Waals surface area contributed by atoms with Gasteiger partial charge in [-0.25, -0.2) is 0 Å². The van der Waals surface area contributed by atoms with Crippen LogP contribution in [-0.4, -0.2) is 33.5 Å². The van der Waals surface area contributed by atoms with E-state index in [0.717, 1.165) is 19.5 Å². The van der Waals surface area contributed by atoms with Crippen molar-refractivity contribution >= 4 is 0 Å². The molecule has 17 heavy (non-hydrogen) atoms. The van der Waals surface area contributed by atoms with E-state index in [2.05, 4.69) is 36.5 Å². The summed E-state index contributed by atoms with van der Waals surface area (Å²) in [5, 5.41) is 3.41. The summed E-state index contributed by atoms with van der Waals surface area (Å²) in [5.74, 6) is 0. The molecule has 0 saturated heterocycles. The second kappa shape index (κ2) is 8.23. The molecule has 0 spiro atoms. The lowest BCUT2D eigenvalue weighted by atomic mass is 10.1. The van der Waals surface area contributed by atoms with Crippen LogP contribution in [0.1, 0.15) is 18.1 Å². The molecule has 0 aromatic heterocycles. The lowest BCUT2D eigenvalue weighted by Crippen LogP contribution is -2.31. The van der Waals surface area contributed by atoms with Gasteiger partial charge in [0, 0.05) is 27.3 Å². The number of rotatable bonds is 8. The normalized spacial score (nSPS) is 12.6. The third-order valence-corrected chi connectivity index (χ3v) is 2.87. The highest BCUT2D eigenvalue weighted by molar-refractivity contribution is 5.26. The van der Waals surface area contributed by atoms with Crippen molar-refractivity contribution in [3.8, 4) is 0 Å². The minimum Gasteiger partial charge on any atom is -0.382 e. The Kier molecular flexibility index (Phi) is 6.86. The van der Waals surface area contributed by atoms with Crippen LogP contribution in [0.15, 0.2) is 24.3 Å². The fourth-order valence-corrected chi connectivity index (χ4v) is 1.84. The zero-order valence-electron chi connectivity index (χ0n) is 11.0. The summed E-state index contributed by atoms with van der Waals surface area (Å²) in [7, 11) is 3.41. The van der Waals surface area contributed by atoms with Gasteiger partial charge >= 0.3 is 0 Å². The first-order chi connectivity index (χ1) is 8.31. The molecule has 3 heteroatoms. The SMILES string of the molecule is CCc1ccccc1CNCC(COC)OC. The molecule has 1 unspecified atom stereocenters. The van der Waals surface area contributed by atoms with Gasteiger partial charge in [0.15, 0.2) is 0 Å². The van der Waals surface area contributed by atoms with Crippen molar-refractivity contribution < 1.29 is 9.47 Å². The molecule has 96 valence electrons. The summed E-state index contributed by atoms with van der Waals surface area (Å²) in [6.45, 7) is 4.50. The van der Waals surface area contributed by atoms with Crippen LogP contribution in [-0.2, 0) is 22.4 Å². The first kappa shape index (κ1) is 14.2. The van der Waals surface area contributed by atoms with Crippen molar-refractivity contribution in [1.82, 2.24) is 5.32 Å². The average Bonchev–Trinajstić information content (AvgIpc) is 2.38. The largest absolute Gasteiger partial charge is 0.382 e. The van der Waals surface area contributed by atoms with Gasteiger partial charge in [-0.2, -0.15) is 0 Å². The quantitative estimate of drug-likeness (QED) is 0.750. The highest BCUT2D eigenvalue weighted by atomic mass is 16.5. The number of nitrogens with one attached hydrogen (secondary N) is 1. The zero-order chi connectivity index (χ0) is 12.5. The van der Waals surface area contributed by atoms with Gasteiger partial charge in [0.25, 0.3) is 0 Å². The molecule has 1 aromatic carbocycles. The van der Waals surface area contributed by atoms with Crippen LogP contribution in [0.25, 0.3) is 0 Å². The number of hydrogen-bond donors (Lipinski definition) is 1. The molecular formula is C14H23NO2. The van der Waals surface area contributed by atoms with Crippen LogP contribution in [0.2, 0.25) is 0 Å². The molecule has 1 N–H and O–H groups in total. The van der Waals surface area contributed by atoms with Gasteiger partial charge in [-0.1, -0.05) is 31.2 Å². The third kappa shape index (κ3) is 4.86. The summed E-state index contributed by atoms with van der Waals surface area (Å²) in [4.78, 5) is 0. The first-order valence-corrected chi connectivity index (χ1v) is 6.11. The van der Waals surface area contributed by atoms with E-state index in [1.165, 1.54) is 11.1 Å². The predicted molar refractivity (Wildman–Crippen MR) is 70.2 cm³/mol. The van der Waals surface area contributed by atoms with Crippen molar-refractivity contribution in [2.24, 2.45) is 0 Å². The summed E-state index contributed by atoms with van der Waals surface area (Å²) in [6, 6.07) is 8.52. The standard InChI is InChI=1S/C14H23NO2/c1-4-12-7-5-6-8-13(12)9-15-10-14(17-3)11-16-2/h5-8,14-15H,4,9-11H2,1-3H3. The second-order valence-electron chi connectivity index (χ2n) is 4.07. The van der Waals surface area contributed by atoms with Crippen molar-refractivity contribution in [3.63, 3.8) is 0 Å². The Morgan fingerprint density at radius 3 is 2.47 bits per heavy atom. The highest BCUT2D eigenvalue weighted by Gasteiger charge is 2.06. The van der Waals surface area contributed by atoms with Crippen LogP contribution in [0.5, 0.6) is 0 Å². The van der Waals surface area contributed by atoms with Gasteiger partial charge in [-0.05, 0) is 17.5 Å². The second-order valence-corrected chi connectivity index (χ2v) is 4.07. The Hall–Kier alpha value is -0.900. The van der Waals surface area contributed by atoms with Crippen LogP contribution >= 0.6 is 0 Å². The molecule has 1 aromatic rings. The molecule has 0 aliphatic heterocycles.